The van der Waals surface area contributed by atoms with Crippen molar-refractivity contribution in [1.29, 1.82) is 0 Å². The van der Waals surface area contributed by atoms with Crippen LogP contribution in [0.25, 0.3) is 5.57 Å². The zero-order valence-electron chi connectivity index (χ0n) is 6.83. The van der Waals surface area contributed by atoms with Crippen LogP contribution in [-0.2, 0) is 0 Å². The molecular formula is C10H9O2-. The van der Waals surface area contributed by atoms with Crippen molar-refractivity contribution in [2.45, 2.75) is 6.92 Å². The maximum atomic E-state index is 10.4. The van der Waals surface area contributed by atoms with E-state index in [1.807, 2.05) is 13.0 Å². The minimum Gasteiger partial charge on any atom is -0.545 e. The minimum atomic E-state index is -1.15. The van der Waals surface area contributed by atoms with E-state index in [-0.39, 0.29) is 5.56 Å². The molecule has 0 atom stereocenters. The fourth-order valence-electron chi connectivity index (χ4n) is 0.912. The van der Waals surface area contributed by atoms with Crippen molar-refractivity contribution in [3.8, 4) is 0 Å². The van der Waals surface area contributed by atoms with Crippen molar-refractivity contribution in [3.63, 3.8) is 0 Å². The summed E-state index contributed by atoms with van der Waals surface area (Å²) in [5.41, 5.74) is 1.87. The van der Waals surface area contributed by atoms with Gasteiger partial charge in [-0.15, -0.1) is 0 Å². The number of allylic oxidation sites excluding steroid dienone is 1. The van der Waals surface area contributed by atoms with Crippen molar-refractivity contribution in [2.24, 2.45) is 0 Å². The number of rotatable bonds is 2. The average Bonchev–Trinajstić information content (AvgIpc) is 2.04. The van der Waals surface area contributed by atoms with Gasteiger partial charge in [-0.25, -0.2) is 0 Å². The molecular weight excluding hydrogens is 152 g/mol. The molecule has 0 heterocycles. The Balaban J connectivity index is 3.12. The van der Waals surface area contributed by atoms with Gasteiger partial charge in [-0.2, -0.15) is 0 Å². The van der Waals surface area contributed by atoms with Gasteiger partial charge in [-0.1, -0.05) is 30.4 Å². The van der Waals surface area contributed by atoms with Crippen molar-refractivity contribution >= 4 is 11.5 Å². The Labute approximate surface area is 71.2 Å². The second-order valence-electron chi connectivity index (χ2n) is 2.65. The number of aromatic carboxylic acids is 1. The van der Waals surface area contributed by atoms with E-state index in [0.717, 1.165) is 11.1 Å². The number of hydrogen-bond acceptors (Lipinski definition) is 2. The SMILES string of the molecule is C=C(C)c1cccc(C(=O)[O-])c1. The second kappa shape index (κ2) is 3.22. The molecule has 62 valence electrons. The number of benzene rings is 1. The van der Waals surface area contributed by atoms with Crippen LogP contribution < -0.4 is 5.11 Å². The molecule has 0 N–H and O–H groups in total. The van der Waals surface area contributed by atoms with Crippen LogP contribution in [0.5, 0.6) is 0 Å². The van der Waals surface area contributed by atoms with Crippen molar-refractivity contribution in [2.75, 3.05) is 0 Å². The predicted octanol–water partition coefficient (Wildman–Crippen LogP) is 1.08. The molecule has 1 rings (SSSR count). The first-order valence-electron chi connectivity index (χ1n) is 3.58. The highest BCUT2D eigenvalue weighted by atomic mass is 16.4. The van der Waals surface area contributed by atoms with Gasteiger partial charge in [0.25, 0.3) is 0 Å². The van der Waals surface area contributed by atoms with E-state index >= 15 is 0 Å². The molecule has 2 nitrogen and oxygen atoms in total. The molecule has 0 aromatic heterocycles. The third-order valence-corrected chi connectivity index (χ3v) is 1.59. The maximum Gasteiger partial charge on any atom is 0.0715 e. The smallest absolute Gasteiger partial charge is 0.0715 e. The van der Waals surface area contributed by atoms with Gasteiger partial charge >= 0.3 is 0 Å². The van der Waals surface area contributed by atoms with Crippen LogP contribution in [0, 0.1) is 0 Å². The van der Waals surface area contributed by atoms with Gasteiger partial charge in [0.05, 0.1) is 5.97 Å². The second-order valence-corrected chi connectivity index (χ2v) is 2.65. The predicted molar refractivity (Wildman–Crippen MR) is 45.5 cm³/mol. The molecule has 2 heteroatoms. The number of carbonyl (C=O) groups excluding carboxylic acids is 1. The molecule has 1 aromatic rings. The number of hydrogen-bond donors (Lipinski definition) is 0. The van der Waals surface area contributed by atoms with E-state index in [2.05, 4.69) is 6.58 Å². The zero-order chi connectivity index (χ0) is 9.14. The summed E-state index contributed by atoms with van der Waals surface area (Å²) < 4.78 is 0. The fourth-order valence-corrected chi connectivity index (χ4v) is 0.912. The maximum absolute atomic E-state index is 10.4. The Morgan fingerprint density at radius 3 is 2.50 bits per heavy atom. The molecule has 0 aliphatic heterocycles. The van der Waals surface area contributed by atoms with E-state index < -0.39 is 5.97 Å². The van der Waals surface area contributed by atoms with Gasteiger partial charge in [0.15, 0.2) is 0 Å². The normalized spacial score (nSPS) is 9.42. The molecule has 1 aromatic carbocycles. The zero-order valence-corrected chi connectivity index (χ0v) is 6.83. The summed E-state index contributed by atoms with van der Waals surface area (Å²) in [7, 11) is 0. The third kappa shape index (κ3) is 1.72. The summed E-state index contributed by atoms with van der Waals surface area (Å²) in [4.78, 5) is 10.4. The van der Waals surface area contributed by atoms with E-state index in [0.29, 0.717) is 0 Å². The molecule has 0 amide bonds. The molecule has 0 fully saturated rings. The lowest BCUT2D eigenvalue weighted by Crippen LogP contribution is -2.22. The van der Waals surface area contributed by atoms with Gasteiger partial charge in [0, 0.05) is 0 Å². The molecule has 0 spiro atoms. The van der Waals surface area contributed by atoms with Gasteiger partial charge in [0.1, 0.15) is 0 Å². The molecule has 0 saturated carbocycles. The largest absolute Gasteiger partial charge is 0.545 e. The van der Waals surface area contributed by atoms with Crippen LogP contribution in [0.1, 0.15) is 22.8 Å². The molecule has 0 aliphatic rings. The monoisotopic (exact) mass is 161 g/mol. The van der Waals surface area contributed by atoms with Crippen LogP contribution in [0.2, 0.25) is 0 Å². The lowest BCUT2D eigenvalue weighted by molar-refractivity contribution is -0.255. The van der Waals surface area contributed by atoms with Crippen LogP contribution in [0.4, 0.5) is 0 Å². The Hall–Kier alpha value is -1.57. The lowest BCUT2D eigenvalue weighted by Gasteiger charge is -2.04. The Morgan fingerprint density at radius 2 is 2.00 bits per heavy atom. The number of carboxylic acids is 1. The summed E-state index contributed by atoms with van der Waals surface area (Å²) in [5, 5.41) is 10.4. The van der Waals surface area contributed by atoms with Gasteiger partial charge in [0.2, 0.25) is 0 Å². The first-order valence-corrected chi connectivity index (χ1v) is 3.58. The van der Waals surface area contributed by atoms with Gasteiger partial charge < -0.3 is 9.90 Å². The first-order chi connectivity index (χ1) is 5.61. The topological polar surface area (TPSA) is 40.1 Å². The summed E-state index contributed by atoms with van der Waals surface area (Å²) in [5.74, 6) is -1.15. The quantitative estimate of drug-likeness (QED) is 0.651. The molecule has 0 aliphatic carbocycles. The summed E-state index contributed by atoms with van der Waals surface area (Å²) in [6.45, 7) is 5.54. The third-order valence-electron chi connectivity index (χ3n) is 1.59. The van der Waals surface area contributed by atoms with E-state index in [4.69, 9.17) is 0 Å². The fraction of sp³-hybridized carbons (Fsp3) is 0.100. The van der Waals surface area contributed by atoms with E-state index in [1.54, 1.807) is 12.1 Å². The van der Waals surface area contributed by atoms with Crippen LogP contribution >= 0.6 is 0 Å². The summed E-state index contributed by atoms with van der Waals surface area (Å²) in [6, 6.07) is 6.54. The first kappa shape index (κ1) is 8.53. The minimum absolute atomic E-state index is 0.190. The molecule has 0 unspecified atom stereocenters. The Bertz CT molecular complexity index is 297. The van der Waals surface area contributed by atoms with Crippen molar-refractivity contribution < 1.29 is 9.90 Å². The van der Waals surface area contributed by atoms with Crippen LogP contribution in [-0.4, -0.2) is 5.97 Å². The molecule has 12 heavy (non-hydrogen) atoms. The highest BCUT2D eigenvalue weighted by Crippen LogP contribution is 2.12. The van der Waals surface area contributed by atoms with Crippen LogP contribution in [0.15, 0.2) is 30.8 Å². The van der Waals surface area contributed by atoms with E-state index in [9.17, 15) is 9.90 Å². The average molecular weight is 161 g/mol. The highest BCUT2D eigenvalue weighted by Gasteiger charge is 1.95. The lowest BCUT2D eigenvalue weighted by atomic mass is 10.1. The highest BCUT2D eigenvalue weighted by molar-refractivity contribution is 5.87. The van der Waals surface area contributed by atoms with Gasteiger partial charge in [-0.3, -0.25) is 0 Å². The Morgan fingerprint density at radius 1 is 1.42 bits per heavy atom. The van der Waals surface area contributed by atoms with Gasteiger partial charge in [-0.05, 0) is 24.1 Å². The van der Waals surface area contributed by atoms with E-state index in [1.165, 1.54) is 6.07 Å². The summed E-state index contributed by atoms with van der Waals surface area (Å²) in [6.07, 6.45) is 0. The molecule has 0 radical (unpaired) electrons. The summed E-state index contributed by atoms with van der Waals surface area (Å²) >= 11 is 0. The van der Waals surface area contributed by atoms with Crippen molar-refractivity contribution in [3.05, 3.63) is 42.0 Å². The standard InChI is InChI=1S/C10H10O2/c1-7(2)8-4-3-5-9(6-8)10(11)12/h3-6H,1H2,2H3,(H,11,12)/p-1. The van der Waals surface area contributed by atoms with Crippen LogP contribution in [0.3, 0.4) is 0 Å². The molecule has 0 saturated heterocycles. The Kier molecular flexibility index (Phi) is 2.29. The number of carbonyl (C=O) groups is 1. The number of carboxylic acid groups (broad SMARTS) is 1. The van der Waals surface area contributed by atoms with Crippen molar-refractivity contribution in [1.82, 2.24) is 0 Å². The molecule has 0 bridgehead atoms.